The molecule has 0 aromatic carbocycles. The van der Waals surface area contributed by atoms with Crippen molar-refractivity contribution >= 4 is 0 Å². The van der Waals surface area contributed by atoms with Gasteiger partial charge in [-0.1, -0.05) is 13.3 Å². The molecule has 88 valence electrons. The third kappa shape index (κ3) is 2.94. The van der Waals surface area contributed by atoms with Gasteiger partial charge in [-0.3, -0.25) is 0 Å². The molecular weight excluding hydrogens is 184 g/mol. The summed E-state index contributed by atoms with van der Waals surface area (Å²) in [6.45, 7) is 7.61. The van der Waals surface area contributed by atoms with Gasteiger partial charge in [0.05, 0.1) is 0 Å². The minimum absolute atomic E-state index is 0.753. The molecule has 1 unspecified atom stereocenters. The first-order valence-corrected chi connectivity index (χ1v) is 6.65. The first-order chi connectivity index (χ1) is 7.28. The van der Waals surface area contributed by atoms with Crippen molar-refractivity contribution in [2.75, 3.05) is 33.2 Å². The number of hydrogen-bond donors (Lipinski definition) is 1. The van der Waals surface area contributed by atoms with Gasteiger partial charge in [0.1, 0.15) is 0 Å². The molecule has 1 N–H and O–H groups in total. The van der Waals surface area contributed by atoms with Gasteiger partial charge in [-0.05, 0) is 57.2 Å². The maximum atomic E-state index is 3.31. The Morgan fingerprint density at radius 2 is 2.20 bits per heavy atom. The van der Waals surface area contributed by atoms with Gasteiger partial charge >= 0.3 is 0 Å². The fourth-order valence-corrected chi connectivity index (χ4v) is 3.18. The van der Waals surface area contributed by atoms with Gasteiger partial charge in [0.15, 0.2) is 0 Å². The average molecular weight is 210 g/mol. The summed E-state index contributed by atoms with van der Waals surface area (Å²) in [5.74, 6) is 0.910. The summed E-state index contributed by atoms with van der Waals surface area (Å²) >= 11 is 0. The van der Waals surface area contributed by atoms with Crippen LogP contribution in [0.1, 0.15) is 39.0 Å². The maximum absolute atomic E-state index is 3.31. The lowest BCUT2D eigenvalue weighted by Crippen LogP contribution is -2.30. The molecule has 2 rings (SSSR count). The summed E-state index contributed by atoms with van der Waals surface area (Å²) in [4.78, 5) is 2.71. The molecule has 0 radical (unpaired) electrons. The van der Waals surface area contributed by atoms with E-state index < -0.39 is 0 Å². The van der Waals surface area contributed by atoms with Crippen LogP contribution < -0.4 is 5.32 Å². The van der Waals surface area contributed by atoms with Gasteiger partial charge in [0.25, 0.3) is 0 Å². The van der Waals surface area contributed by atoms with E-state index in [-0.39, 0.29) is 0 Å². The van der Waals surface area contributed by atoms with Crippen molar-refractivity contribution in [1.29, 1.82) is 0 Å². The van der Waals surface area contributed by atoms with Crippen LogP contribution in [0.5, 0.6) is 0 Å². The first kappa shape index (κ1) is 11.4. The van der Waals surface area contributed by atoms with Crippen LogP contribution in [0.2, 0.25) is 0 Å². The molecular formula is C13H26N2. The summed E-state index contributed by atoms with van der Waals surface area (Å²) in [6, 6.07) is 0. The number of nitrogens with zero attached hydrogens (tertiary/aromatic N) is 1. The molecule has 15 heavy (non-hydrogen) atoms. The van der Waals surface area contributed by atoms with Gasteiger partial charge < -0.3 is 10.2 Å². The Hall–Kier alpha value is -0.0800. The van der Waals surface area contributed by atoms with E-state index in [0.29, 0.717) is 0 Å². The van der Waals surface area contributed by atoms with Crippen molar-refractivity contribution in [3.05, 3.63) is 0 Å². The van der Waals surface area contributed by atoms with Crippen molar-refractivity contribution in [2.24, 2.45) is 11.3 Å². The highest BCUT2D eigenvalue weighted by atomic mass is 15.2. The van der Waals surface area contributed by atoms with Gasteiger partial charge in [0.2, 0.25) is 0 Å². The van der Waals surface area contributed by atoms with Crippen LogP contribution in [0.3, 0.4) is 0 Å². The quantitative estimate of drug-likeness (QED) is 0.722. The van der Waals surface area contributed by atoms with Crippen LogP contribution in [-0.2, 0) is 0 Å². The zero-order valence-electron chi connectivity index (χ0n) is 10.4. The molecule has 1 atom stereocenters. The van der Waals surface area contributed by atoms with Crippen molar-refractivity contribution in [1.82, 2.24) is 10.2 Å². The van der Waals surface area contributed by atoms with Gasteiger partial charge in [-0.25, -0.2) is 0 Å². The summed E-state index contributed by atoms with van der Waals surface area (Å²) < 4.78 is 0. The van der Waals surface area contributed by atoms with Crippen molar-refractivity contribution in [2.45, 2.75) is 39.0 Å². The fraction of sp³-hybridized carbons (Fsp3) is 1.00. The second kappa shape index (κ2) is 4.84. The van der Waals surface area contributed by atoms with E-state index >= 15 is 0 Å². The van der Waals surface area contributed by atoms with E-state index in [1.54, 1.807) is 0 Å². The Morgan fingerprint density at radius 1 is 1.40 bits per heavy atom. The first-order valence-electron chi connectivity index (χ1n) is 6.65. The Morgan fingerprint density at radius 3 is 2.80 bits per heavy atom. The molecule has 2 fully saturated rings. The molecule has 2 nitrogen and oxygen atoms in total. The van der Waals surface area contributed by atoms with Gasteiger partial charge in [0, 0.05) is 13.1 Å². The minimum atomic E-state index is 0.753. The van der Waals surface area contributed by atoms with E-state index in [9.17, 15) is 0 Å². The zero-order valence-corrected chi connectivity index (χ0v) is 10.4. The van der Waals surface area contributed by atoms with Gasteiger partial charge in [-0.2, -0.15) is 0 Å². The highest BCUT2D eigenvalue weighted by Crippen LogP contribution is 2.50. The molecule has 1 heterocycles. The summed E-state index contributed by atoms with van der Waals surface area (Å²) in [7, 11) is 2.07. The van der Waals surface area contributed by atoms with Crippen LogP contribution in [0, 0.1) is 11.3 Å². The highest BCUT2D eigenvalue weighted by Gasteiger charge is 2.43. The van der Waals surface area contributed by atoms with Crippen molar-refractivity contribution in [3.8, 4) is 0 Å². The molecule has 0 aromatic heterocycles. The van der Waals surface area contributed by atoms with E-state index in [0.717, 1.165) is 11.3 Å². The highest BCUT2D eigenvalue weighted by molar-refractivity contribution is 4.96. The molecule has 1 saturated carbocycles. The van der Waals surface area contributed by atoms with Gasteiger partial charge in [-0.15, -0.1) is 0 Å². The molecule has 0 aromatic rings. The fourth-order valence-electron chi connectivity index (χ4n) is 3.18. The van der Waals surface area contributed by atoms with Crippen molar-refractivity contribution < 1.29 is 0 Å². The predicted octanol–water partition coefficient (Wildman–Crippen LogP) is 2.11. The largest absolute Gasteiger partial charge is 0.319 e. The van der Waals surface area contributed by atoms with Crippen LogP contribution >= 0.6 is 0 Å². The number of hydrogen-bond acceptors (Lipinski definition) is 2. The lowest BCUT2D eigenvalue weighted by atomic mass is 10.0. The molecule has 2 aliphatic rings. The standard InChI is InChI=1S/C13H26N2/c1-3-5-13(6-7-13)11-15-8-4-12(10-15)9-14-2/h12,14H,3-11H2,1-2H3. The third-order valence-corrected chi connectivity index (χ3v) is 4.16. The van der Waals surface area contributed by atoms with Crippen LogP contribution in [0.4, 0.5) is 0 Å². The average Bonchev–Trinajstić information content (AvgIpc) is 2.80. The van der Waals surface area contributed by atoms with E-state index in [1.165, 1.54) is 58.3 Å². The number of nitrogens with one attached hydrogen (secondary N) is 1. The molecule has 1 aliphatic carbocycles. The molecule has 2 heteroatoms. The monoisotopic (exact) mass is 210 g/mol. The smallest absolute Gasteiger partial charge is 0.00381 e. The second-order valence-electron chi connectivity index (χ2n) is 5.70. The molecule has 0 bridgehead atoms. The number of likely N-dealkylation sites (tertiary alicyclic amines) is 1. The normalized spacial score (nSPS) is 29.6. The molecule has 0 amide bonds. The number of rotatable bonds is 6. The molecule has 1 saturated heterocycles. The molecule has 1 aliphatic heterocycles. The van der Waals surface area contributed by atoms with Crippen LogP contribution in [0.15, 0.2) is 0 Å². The predicted molar refractivity (Wildman–Crippen MR) is 65.0 cm³/mol. The summed E-state index contributed by atoms with van der Waals surface area (Å²) in [5.41, 5.74) is 0.753. The Bertz CT molecular complexity index is 199. The SMILES string of the molecule is CCCC1(CN2CCC(CNC)C2)CC1. The lowest BCUT2D eigenvalue weighted by Gasteiger charge is -2.23. The lowest BCUT2D eigenvalue weighted by molar-refractivity contribution is 0.244. The Balaban J connectivity index is 1.72. The summed E-state index contributed by atoms with van der Waals surface area (Å²) in [6.07, 6.45) is 7.22. The Labute approximate surface area is 94.4 Å². The third-order valence-electron chi connectivity index (χ3n) is 4.16. The van der Waals surface area contributed by atoms with Crippen molar-refractivity contribution in [3.63, 3.8) is 0 Å². The minimum Gasteiger partial charge on any atom is -0.319 e. The van der Waals surface area contributed by atoms with E-state index in [4.69, 9.17) is 0 Å². The van der Waals surface area contributed by atoms with E-state index in [2.05, 4.69) is 24.2 Å². The molecule has 0 spiro atoms. The van der Waals surface area contributed by atoms with Crippen LogP contribution in [0.25, 0.3) is 0 Å². The summed E-state index contributed by atoms with van der Waals surface area (Å²) in [5, 5.41) is 3.31. The van der Waals surface area contributed by atoms with Crippen LogP contribution in [-0.4, -0.2) is 38.1 Å². The maximum Gasteiger partial charge on any atom is 0.00381 e. The second-order valence-corrected chi connectivity index (χ2v) is 5.70. The van der Waals surface area contributed by atoms with E-state index in [1.807, 2.05) is 0 Å². The zero-order chi connectivity index (χ0) is 10.7. The Kier molecular flexibility index (Phi) is 3.68. The topological polar surface area (TPSA) is 15.3 Å².